The lowest BCUT2D eigenvalue weighted by molar-refractivity contribution is 0.579. The molecular weight excluding hydrogens is 252 g/mol. The quantitative estimate of drug-likeness (QED) is 0.744. The molecule has 6 heteroatoms. The van der Waals surface area contributed by atoms with Crippen LogP contribution in [0.2, 0.25) is 0 Å². The number of nitrogens with zero attached hydrogens (tertiary/aromatic N) is 1. The first-order valence-corrected chi connectivity index (χ1v) is 5.50. The monoisotopic (exact) mass is 261 g/mol. The molecule has 3 aromatic rings. The van der Waals surface area contributed by atoms with Crippen molar-refractivity contribution >= 4 is 5.82 Å². The third-order valence-electron chi connectivity index (χ3n) is 2.76. The minimum absolute atomic E-state index is 0.122. The number of aromatic amines is 1. The third-order valence-corrected chi connectivity index (χ3v) is 2.76. The van der Waals surface area contributed by atoms with Crippen LogP contribution in [0.5, 0.6) is 0 Å². The third kappa shape index (κ3) is 1.87. The lowest BCUT2D eigenvalue weighted by Gasteiger charge is -2.04. The summed E-state index contributed by atoms with van der Waals surface area (Å²) in [6.45, 7) is 0. The minimum atomic E-state index is -0.707. The minimum Gasteiger partial charge on any atom is -0.463 e. The number of H-pyrrole nitrogens is 1. The highest BCUT2D eigenvalue weighted by molar-refractivity contribution is 5.86. The lowest BCUT2D eigenvalue weighted by Crippen LogP contribution is -1.92. The van der Waals surface area contributed by atoms with Crippen LogP contribution in [0, 0.1) is 11.6 Å². The van der Waals surface area contributed by atoms with Crippen LogP contribution < -0.4 is 5.73 Å². The van der Waals surface area contributed by atoms with E-state index in [-0.39, 0.29) is 11.4 Å². The predicted octanol–water partition coefficient (Wildman–Crippen LogP) is 3.20. The Labute approximate surface area is 106 Å². The summed E-state index contributed by atoms with van der Waals surface area (Å²) in [5, 5.41) is 6.53. The van der Waals surface area contributed by atoms with Crippen molar-refractivity contribution in [1.82, 2.24) is 10.2 Å². The number of halogens is 2. The molecule has 0 unspecified atom stereocenters. The Morgan fingerprint density at radius 3 is 2.74 bits per heavy atom. The van der Waals surface area contributed by atoms with Crippen LogP contribution in [0.4, 0.5) is 14.6 Å². The number of furan rings is 1. The first kappa shape index (κ1) is 11.5. The summed E-state index contributed by atoms with van der Waals surface area (Å²) in [7, 11) is 0. The SMILES string of the molecule is Nc1n[nH]c(-c2ccco2)c1-c1ccc(F)cc1F. The van der Waals surface area contributed by atoms with Crippen molar-refractivity contribution in [2.75, 3.05) is 5.73 Å². The van der Waals surface area contributed by atoms with Crippen LogP contribution in [0.3, 0.4) is 0 Å². The Hall–Kier alpha value is -2.63. The molecule has 0 amide bonds. The summed E-state index contributed by atoms with van der Waals surface area (Å²) in [6, 6.07) is 6.66. The molecule has 0 atom stereocenters. The molecule has 96 valence electrons. The normalized spacial score (nSPS) is 10.8. The predicted molar refractivity (Wildman–Crippen MR) is 66.1 cm³/mol. The zero-order chi connectivity index (χ0) is 13.4. The lowest BCUT2D eigenvalue weighted by atomic mass is 10.0. The number of aromatic nitrogens is 2. The molecule has 4 nitrogen and oxygen atoms in total. The van der Waals surface area contributed by atoms with Gasteiger partial charge in [-0.3, -0.25) is 5.10 Å². The van der Waals surface area contributed by atoms with Crippen molar-refractivity contribution in [3.8, 4) is 22.6 Å². The van der Waals surface area contributed by atoms with Crippen molar-refractivity contribution in [2.24, 2.45) is 0 Å². The maximum Gasteiger partial charge on any atom is 0.153 e. The molecule has 3 rings (SSSR count). The van der Waals surface area contributed by atoms with Crippen LogP contribution in [0.15, 0.2) is 41.0 Å². The van der Waals surface area contributed by atoms with Gasteiger partial charge in [-0.05, 0) is 24.3 Å². The highest BCUT2D eigenvalue weighted by Gasteiger charge is 2.19. The number of benzene rings is 1. The number of rotatable bonds is 2. The largest absolute Gasteiger partial charge is 0.463 e. The van der Waals surface area contributed by atoms with Crippen molar-refractivity contribution in [1.29, 1.82) is 0 Å². The number of nitrogens with one attached hydrogen (secondary N) is 1. The number of nitrogens with two attached hydrogens (primary N) is 1. The van der Waals surface area contributed by atoms with Gasteiger partial charge in [0.05, 0.1) is 11.8 Å². The smallest absolute Gasteiger partial charge is 0.153 e. The van der Waals surface area contributed by atoms with E-state index in [2.05, 4.69) is 10.2 Å². The summed E-state index contributed by atoms with van der Waals surface area (Å²) in [5.41, 5.74) is 6.71. The summed E-state index contributed by atoms with van der Waals surface area (Å²) in [6.07, 6.45) is 1.48. The van der Waals surface area contributed by atoms with Crippen LogP contribution in [-0.2, 0) is 0 Å². The van der Waals surface area contributed by atoms with Gasteiger partial charge in [-0.25, -0.2) is 8.78 Å². The van der Waals surface area contributed by atoms with Crippen molar-refractivity contribution < 1.29 is 13.2 Å². The van der Waals surface area contributed by atoms with Gasteiger partial charge in [-0.2, -0.15) is 5.10 Å². The van der Waals surface area contributed by atoms with E-state index in [1.807, 2.05) is 0 Å². The van der Waals surface area contributed by atoms with E-state index in [1.165, 1.54) is 12.3 Å². The molecule has 3 N–H and O–H groups in total. The number of nitrogen functional groups attached to an aromatic ring is 1. The van der Waals surface area contributed by atoms with Gasteiger partial charge in [0.25, 0.3) is 0 Å². The van der Waals surface area contributed by atoms with E-state index in [0.717, 1.165) is 12.1 Å². The standard InChI is InChI=1S/C13H9F2N3O/c14-7-3-4-8(9(15)6-7)11-12(17-18-13(11)16)10-2-1-5-19-10/h1-6H,(H3,16,17,18). The fraction of sp³-hybridized carbons (Fsp3) is 0. The van der Waals surface area contributed by atoms with Crippen LogP contribution in [-0.4, -0.2) is 10.2 Å². The van der Waals surface area contributed by atoms with E-state index < -0.39 is 11.6 Å². The molecule has 0 fully saturated rings. The van der Waals surface area contributed by atoms with Crippen LogP contribution >= 0.6 is 0 Å². The maximum atomic E-state index is 13.8. The van der Waals surface area contributed by atoms with Crippen molar-refractivity contribution in [2.45, 2.75) is 0 Å². The zero-order valence-corrected chi connectivity index (χ0v) is 9.65. The van der Waals surface area contributed by atoms with E-state index in [9.17, 15) is 8.78 Å². The molecule has 0 aliphatic heterocycles. The van der Waals surface area contributed by atoms with E-state index >= 15 is 0 Å². The summed E-state index contributed by atoms with van der Waals surface area (Å²) in [5.74, 6) is -0.761. The molecule has 0 aliphatic rings. The average Bonchev–Trinajstić information content (AvgIpc) is 2.99. The van der Waals surface area contributed by atoms with Gasteiger partial charge in [-0.1, -0.05) is 0 Å². The topological polar surface area (TPSA) is 67.8 Å². The number of hydrogen-bond donors (Lipinski definition) is 2. The molecule has 0 spiro atoms. The molecule has 0 saturated carbocycles. The Bertz CT molecular complexity index is 720. The molecule has 0 saturated heterocycles. The van der Waals surface area contributed by atoms with Gasteiger partial charge in [0.1, 0.15) is 17.3 Å². The Kier molecular flexibility index (Phi) is 2.56. The zero-order valence-electron chi connectivity index (χ0n) is 9.65. The van der Waals surface area contributed by atoms with Gasteiger partial charge in [-0.15, -0.1) is 0 Å². The first-order chi connectivity index (χ1) is 9.16. The Balaban J connectivity index is 2.22. The molecule has 0 bridgehead atoms. The van der Waals surface area contributed by atoms with Crippen molar-refractivity contribution in [3.05, 3.63) is 48.2 Å². The average molecular weight is 261 g/mol. The highest BCUT2D eigenvalue weighted by atomic mass is 19.1. The van der Waals surface area contributed by atoms with Crippen LogP contribution in [0.1, 0.15) is 0 Å². The second-order valence-corrected chi connectivity index (χ2v) is 3.96. The van der Waals surface area contributed by atoms with Gasteiger partial charge < -0.3 is 10.2 Å². The molecular formula is C13H9F2N3O. The van der Waals surface area contributed by atoms with Crippen molar-refractivity contribution in [3.63, 3.8) is 0 Å². The summed E-state index contributed by atoms with van der Waals surface area (Å²) in [4.78, 5) is 0. The second kappa shape index (κ2) is 4.24. The van der Waals surface area contributed by atoms with Gasteiger partial charge in [0.2, 0.25) is 0 Å². The second-order valence-electron chi connectivity index (χ2n) is 3.96. The van der Waals surface area contributed by atoms with E-state index in [4.69, 9.17) is 10.2 Å². The van der Waals surface area contributed by atoms with E-state index in [0.29, 0.717) is 17.0 Å². The fourth-order valence-corrected chi connectivity index (χ4v) is 1.92. The number of hydrogen-bond acceptors (Lipinski definition) is 3. The molecule has 2 aromatic heterocycles. The molecule has 2 heterocycles. The summed E-state index contributed by atoms with van der Waals surface area (Å²) >= 11 is 0. The Morgan fingerprint density at radius 2 is 2.05 bits per heavy atom. The van der Waals surface area contributed by atoms with Crippen LogP contribution in [0.25, 0.3) is 22.6 Å². The molecule has 19 heavy (non-hydrogen) atoms. The summed E-state index contributed by atoms with van der Waals surface area (Å²) < 4.78 is 32.0. The maximum absolute atomic E-state index is 13.8. The molecule has 0 radical (unpaired) electrons. The van der Waals surface area contributed by atoms with Gasteiger partial charge in [0, 0.05) is 11.6 Å². The Morgan fingerprint density at radius 1 is 1.21 bits per heavy atom. The van der Waals surface area contributed by atoms with Gasteiger partial charge in [0.15, 0.2) is 11.6 Å². The molecule has 1 aromatic carbocycles. The van der Waals surface area contributed by atoms with E-state index in [1.54, 1.807) is 12.1 Å². The molecule has 0 aliphatic carbocycles. The van der Waals surface area contributed by atoms with Gasteiger partial charge >= 0.3 is 0 Å². The first-order valence-electron chi connectivity index (χ1n) is 5.50. The highest BCUT2D eigenvalue weighted by Crippen LogP contribution is 2.36. The fourth-order valence-electron chi connectivity index (χ4n) is 1.92. The number of anilines is 1.